The first-order valence-electron chi connectivity index (χ1n) is 7.17. The minimum atomic E-state index is -3.07. The van der Waals surface area contributed by atoms with Crippen molar-refractivity contribution in [1.82, 2.24) is 4.90 Å². The summed E-state index contributed by atoms with van der Waals surface area (Å²) in [5.41, 5.74) is 0.400. The molecule has 2 rings (SSSR count). The molecule has 2 atom stereocenters. The fraction of sp³-hybridized carbons (Fsp3) is 0.467. The van der Waals surface area contributed by atoms with Crippen molar-refractivity contribution in [3.05, 3.63) is 29.8 Å². The van der Waals surface area contributed by atoms with Gasteiger partial charge in [0.05, 0.1) is 17.1 Å². The highest BCUT2D eigenvalue weighted by atomic mass is 32.2. The van der Waals surface area contributed by atoms with E-state index in [4.69, 9.17) is 5.11 Å². The zero-order valence-corrected chi connectivity index (χ0v) is 14.6. The molecular weight excluding hydrogens is 338 g/mol. The highest BCUT2D eigenvalue weighted by Crippen LogP contribution is 2.29. The number of carbonyl (C=O) groups excluding carboxylic acids is 1. The fourth-order valence-electron chi connectivity index (χ4n) is 2.42. The fourth-order valence-corrected chi connectivity index (χ4v) is 5.12. The summed E-state index contributed by atoms with van der Waals surface area (Å²) >= 11 is 1.10. The van der Waals surface area contributed by atoms with Crippen molar-refractivity contribution >= 4 is 33.5 Å². The lowest BCUT2D eigenvalue weighted by Crippen LogP contribution is -2.38. The number of hydrogen-bond donors (Lipinski definition) is 1. The summed E-state index contributed by atoms with van der Waals surface area (Å²) in [7, 11) is -1.48. The largest absolute Gasteiger partial charge is 0.480 e. The minimum Gasteiger partial charge on any atom is -0.480 e. The molecule has 1 amide bonds. The lowest BCUT2D eigenvalue weighted by atomic mass is 10.1. The van der Waals surface area contributed by atoms with E-state index in [1.165, 1.54) is 4.90 Å². The number of carboxylic acid groups (broad SMARTS) is 1. The number of thioether (sulfide) groups is 1. The third-order valence-corrected chi connectivity index (χ3v) is 6.76. The number of sulfone groups is 1. The van der Waals surface area contributed by atoms with Crippen molar-refractivity contribution in [2.24, 2.45) is 0 Å². The molecule has 0 radical (unpaired) electrons. The summed E-state index contributed by atoms with van der Waals surface area (Å²) in [6.07, 6.45) is 0.436. The number of carbonyl (C=O) groups is 2. The summed E-state index contributed by atoms with van der Waals surface area (Å²) in [5.74, 6) is -1.15. The van der Waals surface area contributed by atoms with E-state index < -0.39 is 21.1 Å². The molecule has 6 nitrogen and oxygen atoms in total. The zero-order chi connectivity index (χ0) is 17.2. The van der Waals surface area contributed by atoms with E-state index in [2.05, 4.69) is 0 Å². The maximum atomic E-state index is 12.7. The van der Waals surface area contributed by atoms with Crippen molar-refractivity contribution in [2.75, 3.05) is 18.6 Å². The lowest BCUT2D eigenvalue weighted by Gasteiger charge is -2.24. The molecule has 0 aromatic heterocycles. The van der Waals surface area contributed by atoms with Crippen LogP contribution in [0.1, 0.15) is 23.7 Å². The van der Waals surface area contributed by atoms with E-state index in [0.717, 1.165) is 11.8 Å². The highest BCUT2D eigenvalue weighted by Gasteiger charge is 2.33. The van der Waals surface area contributed by atoms with Crippen LogP contribution in [0.3, 0.4) is 0 Å². The Morgan fingerprint density at radius 1 is 1.35 bits per heavy atom. The Morgan fingerprint density at radius 2 is 2.00 bits per heavy atom. The van der Waals surface area contributed by atoms with E-state index in [0.29, 0.717) is 16.9 Å². The molecule has 1 fully saturated rings. The summed E-state index contributed by atoms with van der Waals surface area (Å²) in [4.78, 5) is 25.7. The van der Waals surface area contributed by atoms with Crippen molar-refractivity contribution in [3.8, 4) is 0 Å². The van der Waals surface area contributed by atoms with Crippen LogP contribution in [0.5, 0.6) is 0 Å². The predicted molar refractivity (Wildman–Crippen MR) is 88.5 cm³/mol. The van der Waals surface area contributed by atoms with Crippen molar-refractivity contribution in [3.63, 3.8) is 0 Å². The van der Waals surface area contributed by atoms with Crippen LogP contribution in [0.2, 0.25) is 0 Å². The van der Waals surface area contributed by atoms with Gasteiger partial charge in [-0.05, 0) is 25.5 Å². The van der Waals surface area contributed by atoms with E-state index in [-0.39, 0.29) is 23.5 Å². The molecule has 1 heterocycles. The van der Waals surface area contributed by atoms with Crippen LogP contribution in [-0.4, -0.2) is 60.1 Å². The van der Waals surface area contributed by atoms with Crippen LogP contribution < -0.4 is 0 Å². The molecule has 126 valence electrons. The number of amides is 1. The molecule has 1 aliphatic heterocycles. The molecule has 0 aliphatic carbocycles. The third-order valence-electron chi connectivity index (χ3n) is 3.85. The first kappa shape index (κ1) is 17.8. The van der Waals surface area contributed by atoms with Gasteiger partial charge < -0.3 is 10.0 Å². The number of rotatable bonds is 5. The quantitative estimate of drug-likeness (QED) is 0.803. The van der Waals surface area contributed by atoms with Crippen LogP contribution in [0.4, 0.5) is 0 Å². The second kappa shape index (κ2) is 6.92. The standard InChI is InChI=1S/C15H19NO5S2/c1-10(15(18)19)22-13-6-4-3-5-12(13)14(17)16(2)11-7-8-23(20,21)9-11/h3-6,10-11H,7-9H2,1-2H3,(H,18,19). The molecule has 0 bridgehead atoms. The summed E-state index contributed by atoms with van der Waals surface area (Å²) in [5, 5.41) is 8.35. The van der Waals surface area contributed by atoms with Crippen LogP contribution in [0, 0.1) is 0 Å². The van der Waals surface area contributed by atoms with Gasteiger partial charge in [-0.1, -0.05) is 12.1 Å². The average Bonchev–Trinajstić information content (AvgIpc) is 2.86. The zero-order valence-electron chi connectivity index (χ0n) is 12.9. The predicted octanol–water partition coefficient (Wildman–Crippen LogP) is 1.51. The molecule has 8 heteroatoms. The van der Waals surface area contributed by atoms with Crippen LogP contribution in [0.25, 0.3) is 0 Å². The van der Waals surface area contributed by atoms with Gasteiger partial charge in [0.2, 0.25) is 0 Å². The molecule has 0 saturated carbocycles. The van der Waals surface area contributed by atoms with Gasteiger partial charge in [0.15, 0.2) is 9.84 Å². The SMILES string of the molecule is CC(Sc1ccccc1C(=O)N(C)C1CCS(=O)(=O)C1)C(=O)O. The van der Waals surface area contributed by atoms with Gasteiger partial charge in [-0.2, -0.15) is 0 Å². The van der Waals surface area contributed by atoms with Crippen LogP contribution in [0.15, 0.2) is 29.2 Å². The van der Waals surface area contributed by atoms with E-state index in [1.807, 2.05) is 0 Å². The molecule has 1 saturated heterocycles. The molecule has 1 aromatic carbocycles. The Balaban J connectivity index is 2.21. The van der Waals surface area contributed by atoms with Gasteiger partial charge in [-0.3, -0.25) is 9.59 Å². The third kappa shape index (κ3) is 4.26. The molecular formula is C15H19NO5S2. The lowest BCUT2D eigenvalue weighted by molar-refractivity contribution is -0.136. The van der Waals surface area contributed by atoms with Crippen molar-refractivity contribution in [2.45, 2.75) is 29.5 Å². The monoisotopic (exact) mass is 357 g/mol. The number of nitrogens with zero attached hydrogens (tertiary/aromatic N) is 1. The Morgan fingerprint density at radius 3 is 2.57 bits per heavy atom. The Kier molecular flexibility index (Phi) is 5.36. The average molecular weight is 357 g/mol. The summed E-state index contributed by atoms with van der Waals surface area (Å²) < 4.78 is 23.2. The maximum absolute atomic E-state index is 12.7. The van der Waals surface area contributed by atoms with Crippen molar-refractivity contribution in [1.29, 1.82) is 0 Å². The topological polar surface area (TPSA) is 91.8 Å². The highest BCUT2D eigenvalue weighted by molar-refractivity contribution is 8.00. The van der Waals surface area contributed by atoms with Gasteiger partial charge in [-0.15, -0.1) is 11.8 Å². The molecule has 1 aromatic rings. The Labute approximate surface area is 139 Å². The molecule has 1 N–H and O–H groups in total. The minimum absolute atomic E-state index is 0.0178. The van der Waals surface area contributed by atoms with Crippen LogP contribution >= 0.6 is 11.8 Å². The molecule has 0 spiro atoms. The van der Waals surface area contributed by atoms with Gasteiger partial charge in [0, 0.05) is 18.0 Å². The number of hydrogen-bond acceptors (Lipinski definition) is 5. The first-order valence-corrected chi connectivity index (χ1v) is 9.87. The van der Waals surface area contributed by atoms with Crippen molar-refractivity contribution < 1.29 is 23.1 Å². The van der Waals surface area contributed by atoms with E-state index >= 15 is 0 Å². The Hall–Kier alpha value is -1.54. The number of aliphatic carboxylic acids is 1. The Bertz CT molecular complexity index is 716. The smallest absolute Gasteiger partial charge is 0.316 e. The van der Waals surface area contributed by atoms with Gasteiger partial charge in [0.1, 0.15) is 5.25 Å². The maximum Gasteiger partial charge on any atom is 0.316 e. The van der Waals surface area contributed by atoms with E-state index in [1.54, 1.807) is 38.2 Å². The van der Waals surface area contributed by atoms with Gasteiger partial charge in [-0.25, -0.2) is 8.42 Å². The molecule has 2 unspecified atom stereocenters. The number of benzene rings is 1. The van der Waals surface area contributed by atoms with Crippen LogP contribution in [-0.2, 0) is 14.6 Å². The van der Waals surface area contributed by atoms with E-state index in [9.17, 15) is 18.0 Å². The second-order valence-corrected chi connectivity index (χ2v) is 9.18. The number of carboxylic acids is 1. The van der Waals surface area contributed by atoms with Gasteiger partial charge in [0.25, 0.3) is 5.91 Å². The normalized spacial score (nSPS) is 20.9. The molecule has 1 aliphatic rings. The molecule has 23 heavy (non-hydrogen) atoms. The second-order valence-electron chi connectivity index (χ2n) is 5.57. The summed E-state index contributed by atoms with van der Waals surface area (Å²) in [6.45, 7) is 1.56. The first-order chi connectivity index (χ1) is 10.7. The van der Waals surface area contributed by atoms with Gasteiger partial charge >= 0.3 is 5.97 Å². The summed E-state index contributed by atoms with van der Waals surface area (Å²) in [6, 6.07) is 6.47.